The Morgan fingerprint density at radius 3 is 2.89 bits per heavy atom. The minimum Gasteiger partial charge on any atom is -0.495 e. The molecule has 0 aliphatic rings. The van der Waals surface area contributed by atoms with Crippen molar-refractivity contribution in [1.82, 2.24) is 0 Å². The molecule has 1 heterocycles. The van der Waals surface area contributed by atoms with Crippen LogP contribution in [0.2, 0.25) is 0 Å². The molecule has 19 heavy (non-hydrogen) atoms. The number of methoxy groups -OCH3 is 1. The van der Waals surface area contributed by atoms with Gasteiger partial charge >= 0.3 is 0 Å². The van der Waals surface area contributed by atoms with E-state index >= 15 is 0 Å². The molecule has 2 aromatic rings. The number of ether oxygens (including phenoxy) is 1. The van der Waals surface area contributed by atoms with Crippen molar-refractivity contribution >= 4 is 38.9 Å². The van der Waals surface area contributed by atoms with Crippen molar-refractivity contribution in [2.45, 2.75) is 6.61 Å². The van der Waals surface area contributed by atoms with Crippen molar-refractivity contribution in [1.29, 1.82) is 0 Å². The average Bonchev–Trinajstić information content (AvgIpc) is 2.80. The van der Waals surface area contributed by atoms with Crippen LogP contribution < -0.4 is 10.1 Å². The van der Waals surface area contributed by atoms with E-state index in [0.29, 0.717) is 16.3 Å². The molecular formula is C13H12BrNO3S. The predicted octanol–water partition coefficient (Wildman–Crippen LogP) is 3.26. The molecule has 100 valence electrons. The van der Waals surface area contributed by atoms with E-state index in [4.69, 9.17) is 9.84 Å². The number of benzene rings is 1. The quantitative estimate of drug-likeness (QED) is 0.897. The molecule has 0 radical (unpaired) electrons. The fourth-order valence-corrected chi connectivity index (χ4v) is 3.09. The molecule has 0 saturated heterocycles. The third kappa shape index (κ3) is 3.34. The normalized spacial score (nSPS) is 10.3. The van der Waals surface area contributed by atoms with Gasteiger partial charge < -0.3 is 15.2 Å². The maximum atomic E-state index is 12.1. The van der Waals surface area contributed by atoms with Gasteiger partial charge in [-0.2, -0.15) is 0 Å². The van der Waals surface area contributed by atoms with Crippen LogP contribution >= 0.6 is 27.3 Å². The van der Waals surface area contributed by atoms with Crippen molar-refractivity contribution in [3.8, 4) is 5.75 Å². The number of amides is 1. The lowest BCUT2D eigenvalue weighted by Gasteiger charge is -2.04. The van der Waals surface area contributed by atoms with E-state index in [1.807, 2.05) is 0 Å². The molecule has 2 N–H and O–H groups in total. The van der Waals surface area contributed by atoms with Crippen molar-refractivity contribution in [2.75, 3.05) is 12.4 Å². The van der Waals surface area contributed by atoms with E-state index < -0.39 is 0 Å². The number of carbonyl (C=O) groups excluding carboxylic acids is 1. The number of carbonyl (C=O) groups is 1. The third-order valence-corrected chi connectivity index (χ3v) is 4.25. The Morgan fingerprint density at radius 1 is 1.47 bits per heavy atom. The first kappa shape index (κ1) is 14.0. The zero-order valence-corrected chi connectivity index (χ0v) is 12.5. The summed E-state index contributed by atoms with van der Waals surface area (Å²) in [5.74, 6) is 0.434. The summed E-state index contributed by atoms with van der Waals surface area (Å²) in [6, 6.07) is 8.77. The first-order valence-electron chi connectivity index (χ1n) is 5.48. The average molecular weight is 342 g/mol. The van der Waals surface area contributed by atoms with E-state index in [0.717, 1.165) is 9.35 Å². The van der Waals surface area contributed by atoms with E-state index in [1.165, 1.54) is 11.3 Å². The monoisotopic (exact) mass is 341 g/mol. The topological polar surface area (TPSA) is 58.6 Å². The molecule has 0 fully saturated rings. The molecule has 0 unspecified atom stereocenters. The summed E-state index contributed by atoms with van der Waals surface area (Å²) in [5, 5.41) is 11.8. The lowest BCUT2D eigenvalue weighted by atomic mass is 10.2. The van der Waals surface area contributed by atoms with Crippen molar-refractivity contribution in [3.63, 3.8) is 0 Å². The van der Waals surface area contributed by atoms with Crippen LogP contribution in [-0.4, -0.2) is 18.1 Å². The predicted molar refractivity (Wildman–Crippen MR) is 78.9 cm³/mol. The Kier molecular flexibility index (Phi) is 4.57. The fraction of sp³-hybridized carbons (Fsp3) is 0.154. The zero-order valence-electron chi connectivity index (χ0n) is 10.1. The van der Waals surface area contributed by atoms with Crippen LogP contribution in [0.3, 0.4) is 0 Å². The van der Waals surface area contributed by atoms with Crippen LogP contribution in [0.1, 0.15) is 15.2 Å². The SMILES string of the molecule is COc1cc(C(=O)Nc2cccc(CO)c2)sc1Br. The number of rotatable bonds is 4. The Hall–Kier alpha value is -1.37. The standard InChI is InChI=1S/C13H12BrNO3S/c1-18-10-6-11(19-12(10)14)13(17)15-9-4-2-3-8(5-9)7-16/h2-6,16H,7H2,1H3,(H,15,17). The molecule has 0 aliphatic heterocycles. The van der Waals surface area contributed by atoms with Gasteiger partial charge in [0.25, 0.3) is 5.91 Å². The smallest absolute Gasteiger partial charge is 0.265 e. The summed E-state index contributed by atoms with van der Waals surface area (Å²) in [7, 11) is 1.55. The highest BCUT2D eigenvalue weighted by Gasteiger charge is 2.14. The van der Waals surface area contributed by atoms with Gasteiger partial charge in [0.1, 0.15) is 9.54 Å². The van der Waals surface area contributed by atoms with Gasteiger partial charge in [-0.05, 0) is 33.6 Å². The van der Waals surface area contributed by atoms with Gasteiger partial charge in [0.15, 0.2) is 0 Å². The van der Waals surface area contributed by atoms with Crippen LogP contribution in [0.4, 0.5) is 5.69 Å². The summed E-state index contributed by atoms with van der Waals surface area (Å²) in [5.41, 5.74) is 1.41. The van der Waals surface area contributed by atoms with Gasteiger partial charge in [-0.3, -0.25) is 4.79 Å². The molecule has 6 heteroatoms. The van der Waals surface area contributed by atoms with Gasteiger partial charge in [0.2, 0.25) is 0 Å². The number of aliphatic hydroxyl groups excluding tert-OH is 1. The molecule has 0 spiro atoms. The Labute approximate surface area is 123 Å². The van der Waals surface area contributed by atoms with Gasteiger partial charge in [0, 0.05) is 11.8 Å². The van der Waals surface area contributed by atoms with E-state index in [9.17, 15) is 4.79 Å². The first-order valence-corrected chi connectivity index (χ1v) is 7.09. The number of nitrogens with one attached hydrogen (secondary N) is 1. The van der Waals surface area contributed by atoms with E-state index in [1.54, 1.807) is 37.4 Å². The van der Waals surface area contributed by atoms with E-state index in [2.05, 4.69) is 21.2 Å². The molecule has 0 aliphatic carbocycles. The fourth-order valence-electron chi connectivity index (χ4n) is 1.54. The largest absolute Gasteiger partial charge is 0.495 e. The van der Waals surface area contributed by atoms with Gasteiger partial charge in [0.05, 0.1) is 18.6 Å². The molecule has 1 aromatic carbocycles. The van der Waals surface area contributed by atoms with Gasteiger partial charge in [-0.1, -0.05) is 12.1 Å². The lowest BCUT2D eigenvalue weighted by Crippen LogP contribution is -2.10. The molecule has 0 saturated carbocycles. The molecule has 0 atom stereocenters. The molecule has 0 bridgehead atoms. The third-order valence-electron chi connectivity index (χ3n) is 2.47. The highest BCUT2D eigenvalue weighted by Crippen LogP contribution is 2.34. The minimum atomic E-state index is -0.205. The first-order chi connectivity index (χ1) is 9.13. The van der Waals surface area contributed by atoms with E-state index in [-0.39, 0.29) is 12.5 Å². The van der Waals surface area contributed by atoms with Crippen molar-refractivity contribution in [2.24, 2.45) is 0 Å². The number of hydrogen-bond acceptors (Lipinski definition) is 4. The molecular weight excluding hydrogens is 330 g/mol. The van der Waals surface area contributed by atoms with Crippen molar-refractivity contribution in [3.05, 3.63) is 44.6 Å². The number of hydrogen-bond donors (Lipinski definition) is 2. The molecule has 2 rings (SSSR count). The van der Waals surface area contributed by atoms with Gasteiger partial charge in [-0.25, -0.2) is 0 Å². The Balaban J connectivity index is 2.15. The summed E-state index contributed by atoms with van der Waals surface area (Å²) >= 11 is 4.64. The van der Waals surface area contributed by atoms with Crippen LogP contribution in [0, 0.1) is 0 Å². The number of aliphatic hydroxyl groups is 1. The summed E-state index contributed by atoms with van der Waals surface area (Å²) in [6.07, 6.45) is 0. The van der Waals surface area contributed by atoms with Crippen molar-refractivity contribution < 1.29 is 14.6 Å². The maximum absolute atomic E-state index is 12.1. The molecule has 1 aromatic heterocycles. The summed E-state index contributed by atoms with van der Waals surface area (Å²) < 4.78 is 5.89. The Morgan fingerprint density at radius 2 is 2.26 bits per heavy atom. The van der Waals surface area contributed by atoms with Crippen LogP contribution in [0.15, 0.2) is 34.1 Å². The highest BCUT2D eigenvalue weighted by atomic mass is 79.9. The number of anilines is 1. The second-order valence-corrected chi connectivity index (χ2v) is 6.14. The van der Waals surface area contributed by atoms with Crippen LogP contribution in [-0.2, 0) is 6.61 Å². The molecule has 1 amide bonds. The maximum Gasteiger partial charge on any atom is 0.265 e. The van der Waals surface area contributed by atoms with Crippen LogP contribution in [0.25, 0.3) is 0 Å². The van der Waals surface area contributed by atoms with Crippen LogP contribution in [0.5, 0.6) is 5.75 Å². The minimum absolute atomic E-state index is 0.0535. The number of thiophene rings is 1. The summed E-state index contributed by atoms with van der Waals surface area (Å²) in [6.45, 7) is -0.0535. The molecule has 4 nitrogen and oxygen atoms in total. The highest BCUT2D eigenvalue weighted by molar-refractivity contribution is 9.11. The summed E-state index contributed by atoms with van der Waals surface area (Å²) in [4.78, 5) is 12.6. The zero-order chi connectivity index (χ0) is 13.8. The number of halogens is 1. The van der Waals surface area contributed by atoms with Gasteiger partial charge in [-0.15, -0.1) is 11.3 Å². The second kappa shape index (κ2) is 6.18. The Bertz CT molecular complexity index is 597. The lowest BCUT2D eigenvalue weighted by molar-refractivity contribution is 0.103. The second-order valence-electron chi connectivity index (χ2n) is 3.77.